The van der Waals surface area contributed by atoms with Crippen LogP contribution in [0.5, 0.6) is 0 Å². The largest absolute Gasteiger partial charge is 0.405 e. The number of hydrogen-bond donors (Lipinski definition) is 0. The maximum atomic E-state index is 13.8. The van der Waals surface area contributed by atoms with Crippen molar-refractivity contribution in [3.05, 3.63) is 142 Å². The van der Waals surface area contributed by atoms with Crippen LogP contribution in [0.1, 0.15) is 39.4 Å². The van der Waals surface area contributed by atoms with E-state index in [1.807, 2.05) is 103 Å². The standard InChI is InChI=1S/C31H24BrNO3/c32-26-18-10-17-25(19-26)28(34)20-27(23-13-6-2-7-14-23)31(21-22-11-4-1-5-12-22)30(35)36-29(33-31)24-15-8-3-9-16-24/h1-19,27H,20-21H2/t27-,31-/m1/s1. The fourth-order valence-electron chi connectivity index (χ4n) is 4.71. The van der Waals surface area contributed by atoms with Gasteiger partial charge in [0.2, 0.25) is 5.90 Å². The molecule has 0 saturated carbocycles. The van der Waals surface area contributed by atoms with Gasteiger partial charge < -0.3 is 4.74 Å². The van der Waals surface area contributed by atoms with Gasteiger partial charge in [-0.25, -0.2) is 9.79 Å². The maximum Gasteiger partial charge on any atom is 0.341 e. The molecule has 0 fully saturated rings. The van der Waals surface area contributed by atoms with Crippen LogP contribution in [0.25, 0.3) is 0 Å². The summed E-state index contributed by atoms with van der Waals surface area (Å²) in [5.74, 6) is -0.749. The summed E-state index contributed by atoms with van der Waals surface area (Å²) in [6.45, 7) is 0. The first-order chi connectivity index (χ1) is 17.5. The third kappa shape index (κ3) is 4.93. The van der Waals surface area contributed by atoms with Gasteiger partial charge in [0.25, 0.3) is 0 Å². The molecule has 1 heterocycles. The number of halogens is 1. The van der Waals surface area contributed by atoms with Crippen molar-refractivity contribution in [2.75, 3.05) is 0 Å². The van der Waals surface area contributed by atoms with E-state index in [0.717, 1.165) is 21.2 Å². The van der Waals surface area contributed by atoms with Crippen LogP contribution in [0.4, 0.5) is 0 Å². The van der Waals surface area contributed by atoms with Crippen molar-refractivity contribution in [1.29, 1.82) is 0 Å². The Bertz CT molecular complexity index is 1400. The summed E-state index contributed by atoms with van der Waals surface area (Å²) in [6.07, 6.45) is 0.419. The van der Waals surface area contributed by atoms with Gasteiger partial charge in [-0.2, -0.15) is 0 Å². The molecule has 0 spiro atoms. The second-order valence-corrected chi connectivity index (χ2v) is 9.78. The monoisotopic (exact) mass is 537 g/mol. The van der Waals surface area contributed by atoms with Crippen LogP contribution < -0.4 is 0 Å². The Morgan fingerprint density at radius 1 is 0.833 bits per heavy atom. The third-order valence-electron chi connectivity index (χ3n) is 6.50. The lowest BCUT2D eigenvalue weighted by molar-refractivity contribution is -0.139. The molecular formula is C31H24BrNO3. The van der Waals surface area contributed by atoms with E-state index in [1.165, 1.54) is 0 Å². The van der Waals surface area contributed by atoms with Gasteiger partial charge in [0.15, 0.2) is 11.3 Å². The number of nitrogens with zero attached hydrogens (tertiary/aromatic N) is 1. The van der Waals surface area contributed by atoms with Crippen molar-refractivity contribution in [3.8, 4) is 0 Å². The summed E-state index contributed by atoms with van der Waals surface area (Å²) in [5.41, 5.74) is 1.83. The molecule has 0 aromatic heterocycles. The first-order valence-corrected chi connectivity index (χ1v) is 12.6. The molecule has 0 bridgehead atoms. The lowest BCUT2D eigenvalue weighted by Crippen LogP contribution is -2.43. The van der Waals surface area contributed by atoms with E-state index < -0.39 is 17.4 Å². The lowest BCUT2D eigenvalue weighted by atomic mass is 9.73. The van der Waals surface area contributed by atoms with Crippen molar-refractivity contribution in [2.24, 2.45) is 4.99 Å². The van der Waals surface area contributed by atoms with Crippen molar-refractivity contribution < 1.29 is 14.3 Å². The van der Waals surface area contributed by atoms with Crippen LogP contribution in [0.15, 0.2) is 125 Å². The van der Waals surface area contributed by atoms with Crippen molar-refractivity contribution in [3.63, 3.8) is 0 Å². The zero-order valence-corrected chi connectivity index (χ0v) is 21.1. The molecule has 0 aliphatic carbocycles. The second-order valence-electron chi connectivity index (χ2n) is 8.86. The average Bonchev–Trinajstić information content (AvgIpc) is 3.25. The first-order valence-electron chi connectivity index (χ1n) is 11.8. The van der Waals surface area contributed by atoms with Crippen LogP contribution in [0, 0.1) is 0 Å². The smallest absolute Gasteiger partial charge is 0.341 e. The Kier molecular flexibility index (Phi) is 6.92. The Labute approximate surface area is 218 Å². The van der Waals surface area contributed by atoms with Crippen molar-refractivity contribution in [2.45, 2.75) is 24.3 Å². The van der Waals surface area contributed by atoms with Gasteiger partial charge in [-0.3, -0.25) is 4.79 Å². The van der Waals surface area contributed by atoms with Gasteiger partial charge in [0.05, 0.1) is 0 Å². The van der Waals surface area contributed by atoms with Crippen LogP contribution in [0.3, 0.4) is 0 Å². The Morgan fingerprint density at radius 2 is 1.47 bits per heavy atom. The Balaban J connectivity index is 1.65. The molecule has 0 radical (unpaired) electrons. The number of esters is 1. The van der Waals surface area contributed by atoms with Gasteiger partial charge in [-0.05, 0) is 35.4 Å². The molecule has 178 valence electrons. The SMILES string of the molecule is O=C(C[C@H](c1ccccc1)[C@@]1(Cc2ccccc2)N=C(c2ccccc2)OC1=O)c1cccc(Br)c1. The van der Waals surface area contributed by atoms with E-state index in [0.29, 0.717) is 12.0 Å². The Morgan fingerprint density at radius 3 is 2.14 bits per heavy atom. The molecule has 2 atom stereocenters. The molecule has 0 N–H and O–H groups in total. The quantitative estimate of drug-likeness (QED) is 0.183. The number of carbonyl (C=O) groups excluding carboxylic acids is 2. The molecule has 4 aromatic carbocycles. The first kappa shape index (κ1) is 23.9. The number of aliphatic imine (C=N–C) groups is 1. The number of hydrogen-bond acceptors (Lipinski definition) is 4. The summed E-state index contributed by atoms with van der Waals surface area (Å²) in [4.78, 5) is 32.4. The maximum absolute atomic E-state index is 13.8. The Hall–Kier alpha value is -3.83. The molecule has 4 aromatic rings. The van der Waals surface area contributed by atoms with Gasteiger partial charge in [0.1, 0.15) is 0 Å². The summed E-state index contributed by atoms with van der Waals surface area (Å²) in [6, 6.07) is 36.2. The normalized spacial score (nSPS) is 17.8. The minimum Gasteiger partial charge on any atom is -0.405 e. The minimum absolute atomic E-state index is 0.0613. The average molecular weight is 538 g/mol. The van der Waals surface area contributed by atoms with Gasteiger partial charge in [-0.1, -0.05) is 107 Å². The van der Waals surface area contributed by atoms with E-state index >= 15 is 0 Å². The van der Waals surface area contributed by atoms with Crippen molar-refractivity contribution >= 4 is 33.6 Å². The van der Waals surface area contributed by atoms with Crippen LogP contribution >= 0.6 is 15.9 Å². The van der Waals surface area contributed by atoms with Crippen LogP contribution in [-0.2, 0) is 16.0 Å². The molecule has 0 unspecified atom stereocenters. The second kappa shape index (κ2) is 10.4. The van der Waals surface area contributed by atoms with Crippen LogP contribution in [0.2, 0.25) is 0 Å². The highest BCUT2D eigenvalue weighted by atomic mass is 79.9. The molecular weight excluding hydrogens is 514 g/mol. The predicted molar refractivity (Wildman–Crippen MR) is 144 cm³/mol. The molecule has 1 aliphatic rings. The third-order valence-corrected chi connectivity index (χ3v) is 6.99. The fourth-order valence-corrected chi connectivity index (χ4v) is 5.10. The number of ketones is 1. The summed E-state index contributed by atoms with van der Waals surface area (Å²) in [7, 11) is 0. The summed E-state index contributed by atoms with van der Waals surface area (Å²) >= 11 is 3.46. The minimum atomic E-state index is -1.30. The van der Waals surface area contributed by atoms with Gasteiger partial charge in [0, 0.05) is 34.4 Å². The number of Topliss-reactive ketones (excluding diaryl/α,β-unsaturated/α-hetero) is 1. The number of ether oxygens (including phenoxy) is 1. The zero-order valence-electron chi connectivity index (χ0n) is 19.5. The fraction of sp³-hybridized carbons (Fsp3) is 0.129. The molecule has 0 amide bonds. The molecule has 36 heavy (non-hydrogen) atoms. The van der Waals surface area contributed by atoms with Crippen LogP contribution in [-0.4, -0.2) is 23.2 Å². The molecule has 5 rings (SSSR count). The van der Waals surface area contributed by atoms with E-state index in [1.54, 1.807) is 12.1 Å². The number of carbonyl (C=O) groups is 2. The van der Waals surface area contributed by atoms with E-state index in [2.05, 4.69) is 15.9 Å². The van der Waals surface area contributed by atoms with Crippen molar-refractivity contribution in [1.82, 2.24) is 0 Å². The summed E-state index contributed by atoms with van der Waals surface area (Å²) < 4.78 is 6.66. The van der Waals surface area contributed by atoms with Gasteiger partial charge in [-0.15, -0.1) is 0 Å². The van der Waals surface area contributed by atoms with E-state index in [9.17, 15) is 9.59 Å². The lowest BCUT2D eigenvalue weighted by Gasteiger charge is -2.32. The summed E-state index contributed by atoms with van der Waals surface area (Å²) in [5, 5.41) is 0. The predicted octanol–water partition coefficient (Wildman–Crippen LogP) is 6.79. The van der Waals surface area contributed by atoms with Gasteiger partial charge >= 0.3 is 5.97 Å². The molecule has 0 saturated heterocycles. The highest BCUT2D eigenvalue weighted by Gasteiger charge is 2.53. The number of benzene rings is 4. The highest BCUT2D eigenvalue weighted by Crippen LogP contribution is 2.43. The van der Waals surface area contributed by atoms with E-state index in [4.69, 9.17) is 9.73 Å². The molecule has 4 nitrogen and oxygen atoms in total. The molecule has 1 aliphatic heterocycles. The zero-order chi connectivity index (χ0) is 25.0. The number of rotatable bonds is 8. The molecule has 5 heteroatoms. The highest BCUT2D eigenvalue weighted by molar-refractivity contribution is 9.10. The van der Waals surface area contributed by atoms with E-state index in [-0.39, 0.29) is 18.1 Å². The number of cyclic esters (lactones) is 1. The topological polar surface area (TPSA) is 55.7 Å².